The van der Waals surface area contributed by atoms with Crippen molar-refractivity contribution in [1.82, 2.24) is 10.2 Å². The van der Waals surface area contributed by atoms with Crippen LogP contribution in [-0.2, 0) is 4.79 Å². The number of likely N-dealkylation sites (N-methyl/N-ethyl adjacent to an activating group) is 1. The van der Waals surface area contributed by atoms with Crippen LogP contribution in [0.15, 0.2) is 23.2 Å². The molecule has 0 aromatic heterocycles. The van der Waals surface area contributed by atoms with E-state index in [-0.39, 0.29) is 11.4 Å². The van der Waals surface area contributed by atoms with Crippen molar-refractivity contribution in [2.24, 2.45) is 5.73 Å². The van der Waals surface area contributed by atoms with Crippen LogP contribution < -0.4 is 11.1 Å². The van der Waals surface area contributed by atoms with E-state index in [0.717, 1.165) is 4.90 Å². The molecule has 0 aliphatic heterocycles. The highest BCUT2D eigenvalue weighted by Crippen LogP contribution is 2.27. The lowest BCUT2D eigenvalue weighted by atomic mass is 10.2. The molecule has 0 fully saturated rings. The third kappa shape index (κ3) is 3.84. The number of carbonyl (C=O) groups excluding carboxylic acids is 1. The summed E-state index contributed by atoms with van der Waals surface area (Å²) in [6, 6.07) is 0. The van der Waals surface area contributed by atoms with Gasteiger partial charge in [0.1, 0.15) is 5.70 Å². The van der Waals surface area contributed by atoms with Crippen molar-refractivity contribution in [1.29, 1.82) is 0 Å². The molecule has 0 amide bonds. The molecule has 0 atom stereocenters. The first kappa shape index (κ1) is 14.3. The van der Waals surface area contributed by atoms with Crippen LogP contribution in [0, 0.1) is 0 Å². The summed E-state index contributed by atoms with van der Waals surface area (Å²) < 4.78 is 37.5. The summed E-state index contributed by atoms with van der Waals surface area (Å²) in [5, 5.41) is 2.40. The predicted molar refractivity (Wildman–Crippen MR) is 54.2 cm³/mol. The Morgan fingerprint density at radius 3 is 2.12 bits per heavy atom. The number of hydrogen-bond acceptors (Lipinski definition) is 4. The van der Waals surface area contributed by atoms with Gasteiger partial charge in [0.05, 0.1) is 11.4 Å². The van der Waals surface area contributed by atoms with E-state index < -0.39 is 11.9 Å². The zero-order chi connectivity index (χ0) is 12.9. The fraction of sp³-hybridized carbons (Fsp3) is 0.444. The molecule has 0 heterocycles. The minimum absolute atomic E-state index is 0.0939. The van der Waals surface area contributed by atoms with Gasteiger partial charge in [-0.2, -0.15) is 13.2 Å². The van der Waals surface area contributed by atoms with Crippen molar-refractivity contribution in [3.63, 3.8) is 0 Å². The van der Waals surface area contributed by atoms with Gasteiger partial charge in [-0.05, 0) is 6.08 Å². The van der Waals surface area contributed by atoms with Crippen molar-refractivity contribution in [3.05, 3.63) is 23.2 Å². The van der Waals surface area contributed by atoms with E-state index in [2.05, 4.69) is 5.32 Å². The quantitative estimate of drug-likeness (QED) is 0.426. The highest BCUT2D eigenvalue weighted by molar-refractivity contribution is 5.74. The fourth-order valence-electron chi connectivity index (χ4n) is 0.961. The number of nitrogens with one attached hydrogen (secondary N) is 1. The Morgan fingerprint density at radius 2 is 1.88 bits per heavy atom. The molecule has 16 heavy (non-hydrogen) atoms. The molecule has 0 unspecified atom stereocenters. The maximum atomic E-state index is 12.5. The van der Waals surface area contributed by atoms with Gasteiger partial charge in [0.15, 0.2) is 6.29 Å². The smallest absolute Gasteiger partial charge is 0.397 e. The summed E-state index contributed by atoms with van der Waals surface area (Å²) in [6.45, 7) is 0. The van der Waals surface area contributed by atoms with Crippen LogP contribution in [0.5, 0.6) is 0 Å². The van der Waals surface area contributed by atoms with Crippen LogP contribution in [0.3, 0.4) is 0 Å². The topological polar surface area (TPSA) is 58.4 Å². The van der Waals surface area contributed by atoms with Crippen molar-refractivity contribution in [3.8, 4) is 0 Å². The number of carbonyl (C=O) groups is 1. The van der Waals surface area contributed by atoms with Crippen molar-refractivity contribution >= 4 is 6.29 Å². The maximum Gasteiger partial charge on any atom is 0.431 e. The lowest BCUT2D eigenvalue weighted by Crippen LogP contribution is -2.26. The van der Waals surface area contributed by atoms with Gasteiger partial charge in [0.25, 0.3) is 0 Å². The Balaban J connectivity index is 5.39. The lowest BCUT2D eigenvalue weighted by molar-refractivity contribution is -0.108. The van der Waals surface area contributed by atoms with Gasteiger partial charge >= 0.3 is 6.18 Å². The Bertz CT molecular complexity index is 318. The largest absolute Gasteiger partial charge is 0.431 e. The van der Waals surface area contributed by atoms with E-state index in [0.29, 0.717) is 12.4 Å². The molecule has 0 saturated carbocycles. The number of nitrogens with zero attached hydrogens (tertiary/aromatic N) is 1. The molecule has 4 nitrogen and oxygen atoms in total. The lowest BCUT2D eigenvalue weighted by Gasteiger charge is -2.20. The van der Waals surface area contributed by atoms with Gasteiger partial charge in [-0.25, -0.2) is 0 Å². The van der Waals surface area contributed by atoms with E-state index in [1.165, 1.54) is 21.1 Å². The van der Waals surface area contributed by atoms with Crippen LogP contribution in [0.25, 0.3) is 0 Å². The minimum atomic E-state index is -4.52. The summed E-state index contributed by atoms with van der Waals surface area (Å²) in [5.41, 5.74) is 4.07. The second-order valence-corrected chi connectivity index (χ2v) is 3.16. The van der Waals surface area contributed by atoms with E-state index in [9.17, 15) is 18.0 Å². The molecule has 7 heteroatoms. The van der Waals surface area contributed by atoms with Crippen LogP contribution in [0.2, 0.25) is 0 Å². The van der Waals surface area contributed by atoms with Crippen molar-refractivity contribution in [2.75, 3.05) is 21.1 Å². The van der Waals surface area contributed by atoms with E-state index in [4.69, 9.17) is 5.73 Å². The van der Waals surface area contributed by atoms with Gasteiger partial charge in [0, 0.05) is 21.1 Å². The Kier molecular flexibility index (Phi) is 4.87. The number of hydrogen-bond donors (Lipinski definition) is 2. The Morgan fingerprint density at radius 1 is 1.38 bits per heavy atom. The van der Waals surface area contributed by atoms with E-state index in [1.54, 1.807) is 0 Å². The summed E-state index contributed by atoms with van der Waals surface area (Å²) in [5.74, 6) is 0. The number of aldehydes is 1. The summed E-state index contributed by atoms with van der Waals surface area (Å²) in [6.07, 6.45) is -3.45. The van der Waals surface area contributed by atoms with Crippen LogP contribution in [0.1, 0.15) is 0 Å². The molecule has 3 N–H and O–H groups in total. The first-order chi connectivity index (χ1) is 7.23. The zero-order valence-electron chi connectivity index (χ0n) is 9.22. The monoisotopic (exact) mass is 237 g/mol. The molecule has 0 bridgehead atoms. The first-order valence-electron chi connectivity index (χ1n) is 4.33. The summed E-state index contributed by atoms with van der Waals surface area (Å²) >= 11 is 0. The fourth-order valence-corrected chi connectivity index (χ4v) is 0.961. The number of halogens is 3. The summed E-state index contributed by atoms with van der Waals surface area (Å²) in [4.78, 5) is 11.3. The number of alkyl halides is 3. The molecular weight excluding hydrogens is 223 g/mol. The van der Waals surface area contributed by atoms with Gasteiger partial charge in [0.2, 0.25) is 0 Å². The van der Waals surface area contributed by atoms with Crippen molar-refractivity contribution in [2.45, 2.75) is 6.18 Å². The second-order valence-electron chi connectivity index (χ2n) is 3.16. The van der Waals surface area contributed by atoms with E-state index >= 15 is 0 Å². The number of allylic oxidation sites excluding steroid dienone is 3. The molecule has 0 aromatic rings. The summed E-state index contributed by atoms with van der Waals surface area (Å²) in [7, 11) is 3.88. The molecule has 0 rings (SSSR count). The van der Waals surface area contributed by atoms with Crippen molar-refractivity contribution < 1.29 is 18.0 Å². The molecule has 0 aromatic carbocycles. The van der Waals surface area contributed by atoms with Gasteiger partial charge in [-0.15, -0.1) is 0 Å². The number of nitrogens with two attached hydrogens (primary N) is 1. The standard InChI is InChI=1S/C9H14F3N3O/c1-14-7(5-16)6(13)4-8(15(2)3)9(10,11)12/h4-5,14H,13H2,1-3H3/b7-6-,8-4-. The minimum Gasteiger partial charge on any atom is -0.397 e. The first-order valence-corrected chi connectivity index (χ1v) is 4.33. The Labute approximate surface area is 91.6 Å². The second kappa shape index (κ2) is 5.43. The normalized spacial score (nSPS) is 14.2. The van der Waals surface area contributed by atoms with Gasteiger partial charge < -0.3 is 16.0 Å². The molecule has 92 valence electrons. The molecule has 0 spiro atoms. The average molecular weight is 237 g/mol. The molecule has 0 saturated heterocycles. The molecule has 0 radical (unpaired) electrons. The average Bonchev–Trinajstić information content (AvgIpc) is 2.13. The molecule has 0 aliphatic carbocycles. The molecular formula is C9H14F3N3O. The highest BCUT2D eigenvalue weighted by Gasteiger charge is 2.35. The van der Waals surface area contributed by atoms with Crippen LogP contribution >= 0.6 is 0 Å². The molecule has 0 aliphatic rings. The van der Waals surface area contributed by atoms with Crippen LogP contribution in [-0.4, -0.2) is 38.5 Å². The third-order valence-electron chi connectivity index (χ3n) is 1.76. The Hall–Kier alpha value is -1.66. The highest BCUT2D eigenvalue weighted by atomic mass is 19.4. The van der Waals surface area contributed by atoms with Gasteiger partial charge in [-0.1, -0.05) is 0 Å². The third-order valence-corrected chi connectivity index (χ3v) is 1.76. The van der Waals surface area contributed by atoms with Crippen LogP contribution in [0.4, 0.5) is 13.2 Å². The predicted octanol–water partition coefficient (Wildman–Crippen LogP) is 0.583. The SMILES string of the molecule is CN/C(C=O)=C(N)/C=C(\N(C)C)C(F)(F)F. The van der Waals surface area contributed by atoms with E-state index in [1.807, 2.05) is 0 Å². The van der Waals surface area contributed by atoms with Gasteiger partial charge in [-0.3, -0.25) is 4.79 Å². The zero-order valence-corrected chi connectivity index (χ0v) is 9.22. The number of rotatable bonds is 4. The maximum absolute atomic E-state index is 12.5.